The van der Waals surface area contributed by atoms with E-state index in [9.17, 15) is 8.78 Å². The lowest BCUT2D eigenvalue weighted by Gasteiger charge is -2.45. The van der Waals surface area contributed by atoms with Gasteiger partial charge in [-0.05, 0) is 45.1 Å². The summed E-state index contributed by atoms with van der Waals surface area (Å²) in [5.74, 6) is 0.511. The Morgan fingerprint density at radius 1 is 1.29 bits per heavy atom. The molecule has 0 saturated carbocycles. The maximum absolute atomic E-state index is 12.1. The summed E-state index contributed by atoms with van der Waals surface area (Å²) >= 11 is 0. The molecule has 21 heavy (non-hydrogen) atoms. The van der Waals surface area contributed by atoms with Gasteiger partial charge in [-0.15, -0.1) is 0 Å². The van der Waals surface area contributed by atoms with Gasteiger partial charge in [-0.2, -0.15) is 0 Å². The molecule has 0 bridgehead atoms. The quantitative estimate of drug-likeness (QED) is 0.732. The molecule has 4 nitrogen and oxygen atoms in total. The largest absolute Gasteiger partial charge is 0.381 e. The van der Waals surface area contributed by atoms with E-state index < -0.39 is 13.0 Å². The number of hydrogen-bond donors (Lipinski definition) is 1. The van der Waals surface area contributed by atoms with E-state index in [1.165, 1.54) is 0 Å². The molecule has 0 amide bonds. The van der Waals surface area contributed by atoms with Crippen molar-refractivity contribution >= 4 is 0 Å². The Kier molecular flexibility index (Phi) is 6.79. The molecule has 0 radical (unpaired) electrons. The third-order valence-corrected chi connectivity index (χ3v) is 4.69. The van der Waals surface area contributed by atoms with Crippen molar-refractivity contribution in [3.8, 4) is 0 Å². The minimum Gasteiger partial charge on any atom is -0.381 e. The maximum Gasteiger partial charge on any atom is 0.261 e. The fraction of sp³-hybridized carbons (Fsp3) is 1.00. The van der Waals surface area contributed by atoms with Crippen LogP contribution in [0, 0.1) is 5.92 Å². The molecule has 1 N–H and O–H groups in total. The van der Waals surface area contributed by atoms with Crippen LogP contribution in [-0.4, -0.2) is 58.2 Å². The lowest BCUT2D eigenvalue weighted by atomic mass is 9.77. The summed E-state index contributed by atoms with van der Waals surface area (Å²) in [5, 5.41) is 3.33. The highest BCUT2D eigenvalue weighted by molar-refractivity contribution is 4.92. The maximum atomic E-state index is 12.1. The zero-order valence-electron chi connectivity index (χ0n) is 12.8. The minimum atomic E-state index is -2.38. The van der Waals surface area contributed by atoms with Gasteiger partial charge in [0.25, 0.3) is 6.43 Å². The Morgan fingerprint density at radius 3 is 2.71 bits per heavy atom. The molecule has 2 aliphatic rings. The lowest BCUT2D eigenvalue weighted by molar-refractivity contribution is -0.150. The molecule has 2 aliphatic heterocycles. The summed E-state index contributed by atoms with van der Waals surface area (Å²) in [5.41, 5.74) is -0.0277. The first-order chi connectivity index (χ1) is 10.2. The molecular formula is C15H27F2NO3. The molecule has 6 heteroatoms. The summed E-state index contributed by atoms with van der Waals surface area (Å²) in [4.78, 5) is 0. The summed E-state index contributed by atoms with van der Waals surface area (Å²) in [6.45, 7) is 2.23. The lowest BCUT2D eigenvalue weighted by Crippen LogP contribution is -2.49. The van der Waals surface area contributed by atoms with Crippen LogP contribution in [0.15, 0.2) is 0 Å². The van der Waals surface area contributed by atoms with E-state index in [0.717, 1.165) is 51.9 Å². The molecule has 0 aromatic heterocycles. The van der Waals surface area contributed by atoms with Crippen molar-refractivity contribution in [1.29, 1.82) is 0 Å². The number of rotatable bonds is 7. The Hall–Kier alpha value is -0.300. The normalized spacial score (nSPS) is 27.1. The molecule has 2 heterocycles. The Morgan fingerprint density at radius 2 is 2.05 bits per heavy atom. The molecule has 2 atom stereocenters. The predicted molar refractivity (Wildman–Crippen MR) is 75.7 cm³/mol. The van der Waals surface area contributed by atoms with Crippen LogP contribution in [0.25, 0.3) is 0 Å². The van der Waals surface area contributed by atoms with Gasteiger partial charge in [-0.1, -0.05) is 0 Å². The van der Waals surface area contributed by atoms with Crippen molar-refractivity contribution < 1.29 is 23.0 Å². The van der Waals surface area contributed by atoms with Gasteiger partial charge in [-0.25, -0.2) is 8.78 Å². The molecule has 2 unspecified atom stereocenters. The average Bonchev–Trinajstić information content (AvgIpc) is 2.48. The van der Waals surface area contributed by atoms with Crippen LogP contribution in [0.5, 0.6) is 0 Å². The van der Waals surface area contributed by atoms with Crippen molar-refractivity contribution in [3.63, 3.8) is 0 Å². The zero-order valence-corrected chi connectivity index (χ0v) is 12.8. The van der Waals surface area contributed by atoms with Gasteiger partial charge in [-0.3, -0.25) is 0 Å². The fourth-order valence-electron chi connectivity index (χ4n) is 3.50. The summed E-state index contributed by atoms with van der Waals surface area (Å²) in [7, 11) is 1.93. The van der Waals surface area contributed by atoms with E-state index in [-0.39, 0.29) is 5.60 Å². The van der Waals surface area contributed by atoms with Gasteiger partial charge in [0.2, 0.25) is 0 Å². The third-order valence-electron chi connectivity index (χ3n) is 4.69. The molecular weight excluding hydrogens is 280 g/mol. The van der Waals surface area contributed by atoms with E-state index in [2.05, 4.69) is 5.32 Å². The van der Waals surface area contributed by atoms with Crippen LogP contribution < -0.4 is 5.32 Å². The second kappa shape index (κ2) is 8.36. The van der Waals surface area contributed by atoms with Crippen molar-refractivity contribution in [2.24, 2.45) is 5.92 Å². The zero-order chi connectivity index (χ0) is 15.1. The van der Waals surface area contributed by atoms with Gasteiger partial charge in [0.1, 0.15) is 6.61 Å². The summed E-state index contributed by atoms with van der Waals surface area (Å²) < 4.78 is 40.6. The van der Waals surface area contributed by atoms with Crippen molar-refractivity contribution in [2.75, 3.05) is 40.1 Å². The second-order valence-corrected chi connectivity index (χ2v) is 6.05. The minimum absolute atomic E-state index is 0.0277. The Bertz CT molecular complexity index is 293. The Labute approximate surface area is 125 Å². The van der Waals surface area contributed by atoms with Crippen molar-refractivity contribution in [3.05, 3.63) is 0 Å². The highest BCUT2D eigenvalue weighted by Crippen LogP contribution is 2.38. The standard InChI is InChI=1S/C15H27F2NO3/c1-18-13(3-6-20-11-14(16)17)12-2-7-21-15(10-12)4-8-19-9-5-15/h12-14,18H,2-11H2,1H3. The first-order valence-electron chi connectivity index (χ1n) is 7.90. The van der Waals surface area contributed by atoms with Crippen molar-refractivity contribution in [2.45, 2.75) is 50.2 Å². The van der Waals surface area contributed by atoms with Gasteiger partial charge < -0.3 is 19.5 Å². The van der Waals surface area contributed by atoms with Gasteiger partial charge in [0, 0.05) is 32.5 Å². The van der Waals surface area contributed by atoms with Gasteiger partial charge >= 0.3 is 0 Å². The van der Waals surface area contributed by atoms with Crippen LogP contribution in [0.2, 0.25) is 0 Å². The number of nitrogens with one attached hydrogen (secondary N) is 1. The molecule has 0 aromatic rings. The number of hydrogen-bond acceptors (Lipinski definition) is 4. The molecule has 124 valence electrons. The second-order valence-electron chi connectivity index (χ2n) is 6.05. The molecule has 2 saturated heterocycles. The molecule has 2 fully saturated rings. The van der Waals surface area contributed by atoms with Gasteiger partial charge in [0.15, 0.2) is 0 Å². The van der Waals surface area contributed by atoms with E-state index in [4.69, 9.17) is 14.2 Å². The number of halogens is 2. The van der Waals surface area contributed by atoms with E-state index in [1.54, 1.807) is 0 Å². The van der Waals surface area contributed by atoms with Crippen LogP contribution in [0.1, 0.15) is 32.1 Å². The topological polar surface area (TPSA) is 39.7 Å². The first kappa shape index (κ1) is 17.1. The average molecular weight is 307 g/mol. The fourth-order valence-corrected chi connectivity index (χ4v) is 3.50. The number of ether oxygens (including phenoxy) is 3. The SMILES string of the molecule is CNC(CCOCC(F)F)C1CCOC2(CCOCC2)C1. The third kappa shape index (κ3) is 5.13. The molecule has 0 aromatic carbocycles. The van der Waals surface area contributed by atoms with Crippen LogP contribution in [0.4, 0.5) is 8.78 Å². The van der Waals surface area contributed by atoms with Crippen LogP contribution in [0.3, 0.4) is 0 Å². The van der Waals surface area contributed by atoms with Crippen LogP contribution >= 0.6 is 0 Å². The highest BCUT2D eigenvalue weighted by atomic mass is 19.3. The Balaban J connectivity index is 1.80. The van der Waals surface area contributed by atoms with E-state index in [1.807, 2.05) is 7.05 Å². The monoisotopic (exact) mass is 307 g/mol. The summed E-state index contributed by atoms with van der Waals surface area (Å²) in [6, 6.07) is 0.297. The van der Waals surface area contributed by atoms with Gasteiger partial charge in [0.05, 0.1) is 5.60 Å². The number of alkyl halides is 2. The van der Waals surface area contributed by atoms with Crippen molar-refractivity contribution in [1.82, 2.24) is 5.32 Å². The van der Waals surface area contributed by atoms with Crippen LogP contribution in [-0.2, 0) is 14.2 Å². The predicted octanol–water partition coefficient (Wildman–Crippen LogP) is 2.22. The van der Waals surface area contributed by atoms with E-state index in [0.29, 0.717) is 18.6 Å². The van der Waals surface area contributed by atoms with E-state index >= 15 is 0 Å². The highest BCUT2D eigenvalue weighted by Gasteiger charge is 2.40. The molecule has 2 rings (SSSR count). The summed E-state index contributed by atoms with van der Waals surface area (Å²) in [6.07, 6.45) is 2.34. The smallest absolute Gasteiger partial charge is 0.261 e. The molecule has 1 spiro atoms. The first-order valence-corrected chi connectivity index (χ1v) is 7.90. The molecule has 0 aliphatic carbocycles.